The fourth-order valence-electron chi connectivity index (χ4n) is 2.08. The number of carbonyl (C=O) groups excluding carboxylic acids is 1. The second kappa shape index (κ2) is 6.92. The fraction of sp³-hybridized carbons (Fsp3) is 0.467. The number of hydrogen-bond acceptors (Lipinski definition) is 4. The molecule has 1 N–H and O–H groups in total. The molecule has 2 rings (SSSR count). The van der Waals surface area contributed by atoms with Crippen LogP contribution in [0.4, 0.5) is 5.69 Å². The zero-order valence-electron chi connectivity index (χ0n) is 11.6. The van der Waals surface area contributed by atoms with Gasteiger partial charge in [0.15, 0.2) is 0 Å². The van der Waals surface area contributed by atoms with Gasteiger partial charge in [-0.25, -0.2) is 0 Å². The van der Waals surface area contributed by atoms with E-state index in [-0.39, 0.29) is 5.91 Å². The number of amides is 1. The van der Waals surface area contributed by atoms with Crippen molar-refractivity contribution in [2.75, 3.05) is 25.5 Å². The van der Waals surface area contributed by atoms with E-state index < -0.39 is 0 Å². The van der Waals surface area contributed by atoms with Crippen LogP contribution in [-0.4, -0.2) is 37.0 Å². The Labute approximate surface area is 119 Å². The largest absolute Gasteiger partial charge is 0.497 e. The molecule has 0 spiro atoms. The zero-order valence-corrected chi connectivity index (χ0v) is 11.6. The van der Waals surface area contributed by atoms with Gasteiger partial charge in [-0.15, -0.1) is 0 Å². The van der Waals surface area contributed by atoms with Gasteiger partial charge in [0.2, 0.25) is 5.91 Å². The van der Waals surface area contributed by atoms with Gasteiger partial charge in [-0.1, -0.05) is 0 Å². The zero-order chi connectivity index (χ0) is 14.4. The quantitative estimate of drug-likeness (QED) is 0.825. The molecule has 1 amide bonds. The van der Waals surface area contributed by atoms with Crippen molar-refractivity contribution in [1.82, 2.24) is 4.90 Å². The average Bonchev–Trinajstić information content (AvgIpc) is 3.29. The molecule has 5 nitrogen and oxygen atoms in total. The van der Waals surface area contributed by atoms with Crippen molar-refractivity contribution in [2.24, 2.45) is 0 Å². The van der Waals surface area contributed by atoms with Gasteiger partial charge >= 0.3 is 0 Å². The summed E-state index contributed by atoms with van der Waals surface area (Å²) in [5, 5.41) is 11.5. The van der Waals surface area contributed by atoms with E-state index >= 15 is 0 Å². The van der Waals surface area contributed by atoms with Gasteiger partial charge in [0.05, 0.1) is 19.7 Å². The highest BCUT2D eigenvalue weighted by Gasteiger charge is 2.29. The van der Waals surface area contributed by atoms with Crippen LogP contribution < -0.4 is 10.1 Å². The lowest BCUT2D eigenvalue weighted by Gasteiger charge is -2.19. The lowest BCUT2D eigenvalue weighted by molar-refractivity contribution is -0.117. The van der Waals surface area contributed by atoms with Gasteiger partial charge < -0.3 is 10.1 Å². The van der Waals surface area contributed by atoms with E-state index in [4.69, 9.17) is 10.00 Å². The molecule has 1 aliphatic rings. The van der Waals surface area contributed by atoms with Crippen LogP contribution in [0.2, 0.25) is 0 Å². The normalized spacial score (nSPS) is 13.8. The Morgan fingerprint density at radius 3 is 2.70 bits per heavy atom. The van der Waals surface area contributed by atoms with Crippen LogP contribution >= 0.6 is 0 Å². The topological polar surface area (TPSA) is 65.4 Å². The molecule has 0 atom stereocenters. The number of nitrogens with zero attached hydrogens (tertiary/aromatic N) is 2. The summed E-state index contributed by atoms with van der Waals surface area (Å²) in [5.41, 5.74) is 0.756. The van der Waals surface area contributed by atoms with E-state index in [1.54, 1.807) is 7.11 Å². The Bertz CT molecular complexity index is 489. The maximum absolute atomic E-state index is 12.0. The van der Waals surface area contributed by atoms with Gasteiger partial charge in [0.1, 0.15) is 5.75 Å². The first-order valence-corrected chi connectivity index (χ1v) is 6.78. The summed E-state index contributed by atoms with van der Waals surface area (Å²) in [6.07, 6.45) is 2.72. The molecule has 0 heterocycles. The lowest BCUT2D eigenvalue weighted by atomic mass is 10.3. The molecule has 106 valence electrons. The van der Waals surface area contributed by atoms with E-state index in [2.05, 4.69) is 16.3 Å². The van der Waals surface area contributed by atoms with Crippen LogP contribution in [0.3, 0.4) is 0 Å². The second-order valence-corrected chi connectivity index (χ2v) is 4.89. The Morgan fingerprint density at radius 2 is 2.15 bits per heavy atom. The molecule has 1 fully saturated rings. The highest BCUT2D eigenvalue weighted by molar-refractivity contribution is 5.92. The smallest absolute Gasteiger partial charge is 0.238 e. The molecule has 1 aromatic rings. The van der Waals surface area contributed by atoms with E-state index in [0.717, 1.165) is 24.3 Å². The number of nitriles is 1. The summed E-state index contributed by atoms with van der Waals surface area (Å²) in [5.74, 6) is 0.719. The van der Waals surface area contributed by atoms with Gasteiger partial charge in [-0.05, 0) is 37.1 Å². The lowest BCUT2D eigenvalue weighted by Crippen LogP contribution is -2.35. The van der Waals surface area contributed by atoms with Crippen molar-refractivity contribution in [3.05, 3.63) is 24.3 Å². The van der Waals surface area contributed by atoms with Crippen LogP contribution in [0.15, 0.2) is 24.3 Å². The standard InChI is InChI=1S/C15H19N3O2/c1-20-14-7-3-12(4-8-14)17-15(19)11-18(10-2-9-16)13-5-6-13/h3-4,7-8,13H,2,5-6,10-11H2,1H3,(H,17,19). The molecular weight excluding hydrogens is 254 g/mol. The SMILES string of the molecule is COc1ccc(NC(=O)CN(CCC#N)C2CC2)cc1. The van der Waals surface area contributed by atoms with E-state index in [9.17, 15) is 4.79 Å². The van der Waals surface area contributed by atoms with Crippen LogP contribution in [0.5, 0.6) is 5.75 Å². The minimum atomic E-state index is -0.0417. The number of methoxy groups -OCH3 is 1. The fourth-order valence-corrected chi connectivity index (χ4v) is 2.08. The van der Waals surface area contributed by atoms with Gasteiger partial charge in [-0.3, -0.25) is 9.69 Å². The monoisotopic (exact) mass is 273 g/mol. The molecule has 5 heteroatoms. The Morgan fingerprint density at radius 1 is 1.45 bits per heavy atom. The van der Waals surface area contributed by atoms with Crippen molar-refractivity contribution in [3.63, 3.8) is 0 Å². The van der Waals surface area contributed by atoms with Crippen molar-refractivity contribution in [3.8, 4) is 11.8 Å². The molecule has 1 aliphatic carbocycles. The maximum atomic E-state index is 12.0. The number of carbonyl (C=O) groups is 1. The molecule has 0 radical (unpaired) electrons. The molecule has 0 saturated heterocycles. The summed E-state index contributed by atoms with van der Waals surface area (Å²) >= 11 is 0. The highest BCUT2D eigenvalue weighted by atomic mass is 16.5. The van der Waals surface area contributed by atoms with Crippen molar-refractivity contribution in [1.29, 1.82) is 5.26 Å². The summed E-state index contributed by atoms with van der Waals surface area (Å²) in [4.78, 5) is 14.1. The Hall–Kier alpha value is -2.06. The van der Waals surface area contributed by atoms with E-state index in [1.807, 2.05) is 24.3 Å². The first-order valence-electron chi connectivity index (χ1n) is 6.78. The van der Waals surface area contributed by atoms with Crippen molar-refractivity contribution >= 4 is 11.6 Å². The highest BCUT2D eigenvalue weighted by Crippen LogP contribution is 2.26. The minimum Gasteiger partial charge on any atom is -0.497 e. The third kappa shape index (κ3) is 4.25. The molecule has 1 saturated carbocycles. The summed E-state index contributed by atoms with van der Waals surface area (Å²) in [6.45, 7) is 1.01. The average molecular weight is 273 g/mol. The molecule has 0 bridgehead atoms. The van der Waals surface area contributed by atoms with E-state index in [0.29, 0.717) is 25.6 Å². The number of hydrogen-bond donors (Lipinski definition) is 1. The molecular formula is C15H19N3O2. The molecule has 0 aromatic heterocycles. The number of rotatable bonds is 7. The molecule has 1 aromatic carbocycles. The summed E-state index contributed by atoms with van der Waals surface area (Å²) < 4.78 is 5.07. The summed E-state index contributed by atoms with van der Waals surface area (Å²) in [6, 6.07) is 9.85. The minimum absolute atomic E-state index is 0.0417. The van der Waals surface area contributed by atoms with Crippen molar-refractivity contribution < 1.29 is 9.53 Å². The third-order valence-corrected chi connectivity index (χ3v) is 3.29. The predicted molar refractivity (Wildman–Crippen MR) is 76.4 cm³/mol. The second-order valence-electron chi connectivity index (χ2n) is 4.89. The first-order chi connectivity index (χ1) is 9.72. The Kier molecular flexibility index (Phi) is 4.97. The predicted octanol–water partition coefficient (Wildman–Crippen LogP) is 2.01. The third-order valence-electron chi connectivity index (χ3n) is 3.29. The number of anilines is 1. The first kappa shape index (κ1) is 14.4. The van der Waals surface area contributed by atoms with Gasteiger partial charge in [0.25, 0.3) is 0 Å². The molecule has 20 heavy (non-hydrogen) atoms. The number of ether oxygens (including phenoxy) is 1. The van der Waals surface area contributed by atoms with E-state index in [1.165, 1.54) is 0 Å². The van der Waals surface area contributed by atoms with Gasteiger partial charge in [0, 0.05) is 24.7 Å². The van der Waals surface area contributed by atoms with Crippen LogP contribution in [0.1, 0.15) is 19.3 Å². The number of benzene rings is 1. The molecule has 0 aliphatic heterocycles. The van der Waals surface area contributed by atoms with Gasteiger partial charge in [-0.2, -0.15) is 5.26 Å². The van der Waals surface area contributed by atoms with Crippen molar-refractivity contribution in [2.45, 2.75) is 25.3 Å². The molecule has 0 unspecified atom stereocenters. The Balaban J connectivity index is 1.85. The summed E-state index contributed by atoms with van der Waals surface area (Å²) in [7, 11) is 1.61. The van der Waals surface area contributed by atoms with Crippen LogP contribution in [-0.2, 0) is 4.79 Å². The van der Waals surface area contributed by atoms with Crippen LogP contribution in [0, 0.1) is 11.3 Å². The maximum Gasteiger partial charge on any atom is 0.238 e. The number of nitrogens with one attached hydrogen (secondary N) is 1. The van der Waals surface area contributed by atoms with Crippen LogP contribution in [0.25, 0.3) is 0 Å².